The molecule has 21 heavy (non-hydrogen) atoms. The number of carbonyl (C=O) groups is 4. The molecule has 0 aliphatic carbocycles. The molecule has 10 nitrogen and oxygen atoms in total. The maximum atomic E-state index is 10.5. The zero-order valence-electron chi connectivity index (χ0n) is 11.8. The van der Waals surface area contributed by atoms with Crippen LogP contribution in [0.3, 0.4) is 0 Å². The van der Waals surface area contributed by atoms with Gasteiger partial charge >= 0.3 is 18.2 Å². The minimum absolute atomic E-state index is 0.244. The summed E-state index contributed by atoms with van der Waals surface area (Å²) in [5.74, 6) is -1.72. The molecule has 1 aliphatic heterocycles. The van der Waals surface area contributed by atoms with E-state index >= 15 is 0 Å². The summed E-state index contributed by atoms with van der Waals surface area (Å²) in [6, 6.07) is -1.48. The summed E-state index contributed by atoms with van der Waals surface area (Å²) in [7, 11) is 2.40. The molecule has 0 saturated carbocycles. The summed E-state index contributed by atoms with van der Waals surface area (Å²) in [5.41, 5.74) is 0. The van der Waals surface area contributed by atoms with Crippen molar-refractivity contribution >= 4 is 24.1 Å². The standard InChI is InChI=1S/C6H11NO4.C5H7NO4/c1-3-4(5(8)9)7-6(10)11-2;1-9-5(8)6-3-2-10-4(3)7/h4H,3H2,1-2H3,(H,7,10)(H,8,9);3H,2H2,1H3,(H,6,8)/p-1/t4-;3-/m00/s1. The maximum Gasteiger partial charge on any atom is 0.407 e. The van der Waals surface area contributed by atoms with Crippen molar-refractivity contribution in [1.82, 2.24) is 10.6 Å². The van der Waals surface area contributed by atoms with Crippen LogP contribution >= 0.6 is 0 Å². The fraction of sp³-hybridized carbons (Fsp3) is 0.636. The first-order chi connectivity index (χ1) is 9.85. The number of rotatable bonds is 4. The van der Waals surface area contributed by atoms with E-state index < -0.39 is 36.2 Å². The molecule has 2 atom stereocenters. The fourth-order valence-corrected chi connectivity index (χ4v) is 1.07. The third-order valence-electron chi connectivity index (χ3n) is 2.32. The van der Waals surface area contributed by atoms with Gasteiger partial charge in [0, 0.05) is 0 Å². The fourth-order valence-electron chi connectivity index (χ4n) is 1.07. The number of cyclic esters (lactones) is 1. The Hall–Kier alpha value is -2.52. The average molecular weight is 305 g/mol. The highest BCUT2D eigenvalue weighted by atomic mass is 16.6. The number of aliphatic carboxylic acids is 1. The van der Waals surface area contributed by atoms with Crippen molar-refractivity contribution in [3.05, 3.63) is 0 Å². The number of alkyl carbamates (subject to hydrolysis) is 2. The lowest BCUT2D eigenvalue weighted by atomic mass is 10.2. The van der Waals surface area contributed by atoms with Gasteiger partial charge in [0.25, 0.3) is 0 Å². The number of methoxy groups -OCH3 is 2. The number of carbonyl (C=O) groups excluding carboxylic acids is 4. The Balaban J connectivity index is 0.000000382. The number of carboxylic acid groups (broad SMARTS) is 1. The Labute approximate surface area is 120 Å². The number of hydrogen-bond acceptors (Lipinski definition) is 8. The third-order valence-corrected chi connectivity index (χ3v) is 2.32. The summed E-state index contributed by atoms with van der Waals surface area (Å²) in [5, 5.41) is 14.6. The van der Waals surface area contributed by atoms with Crippen molar-refractivity contribution in [3.8, 4) is 0 Å². The molecule has 1 saturated heterocycles. The van der Waals surface area contributed by atoms with E-state index in [0.29, 0.717) is 0 Å². The monoisotopic (exact) mass is 305 g/mol. The molecule has 0 unspecified atom stereocenters. The van der Waals surface area contributed by atoms with Gasteiger partial charge in [-0.25, -0.2) is 14.4 Å². The van der Waals surface area contributed by atoms with Crippen LogP contribution in [-0.4, -0.2) is 57.0 Å². The number of amides is 2. The minimum Gasteiger partial charge on any atom is -0.548 e. The van der Waals surface area contributed by atoms with Crippen LogP contribution in [0, 0.1) is 0 Å². The predicted octanol–water partition coefficient (Wildman–Crippen LogP) is -1.86. The number of nitrogens with one attached hydrogen (secondary N) is 2. The highest BCUT2D eigenvalue weighted by molar-refractivity contribution is 5.85. The van der Waals surface area contributed by atoms with Gasteiger partial charge in [0.05, 0.1) is 26.2 Å². The Morgan fingerprint density at radius 2 is 1.90 bits per heavy atom. The summed E-state index contributed by atoms with van der Waals surface area (Å²) >= 11 is 0. The van der Waals surface area contributed by atoms with Crippen molar-refractivity contribution in [2.75, 3.05) is 20.8 Å². The molecule has 1 fully saturated rings. The molecule has 2 amide bonds. The smallest absolute Gasteiger partial charge is 0.407 e. The topological polar surface area (TPSA) is 143 Å². The lowest BCUT2D eigenvalue weighted by Gasteiger charge is -2.24. The van der Waals surface area contributed by atoms with Crippen LogP contribution in [0.5, 0.6) is 0 Å². The molecular formula is C11H17N2O8-. The van der Waals surface area contributed by atoms with Crippen LogP contribution in [0.4, 0.5) is 9.59 Å². The van der Waals surface area contributed by atoms with Gasteiger partial charge in [-0.1, -0.05) is 6.92 Å². The van der Waals surface area contributed by atoms with Crippen molar-refractivity contribution in [2.24, 2.45) is 0 Å². The van der Waals surface area contributed by atoms with Gasteiger partial charge in [0.15, 0.2) is 6.04 Å². The maximum absolute atomic E-state index is 10.5. The second kappa shape index (κ2) is 9.39. The third kappa shape index (κ3) is 6.99. The van der Waals surface area contributed by atoms with E-state index in [1.54, 1.807) is 6.92 Å². The van der Waals surface area contributed by atoms with Crippen LogP contribution < -0.4 is 15.7 Å². The zero-order valence-corrected chi connectivity index (χ0v) is 11.8. The van der Waals surface area contributed by atoms with Crippen LogP contribution in [0.15, 0.2) is 0 Å². The summed E-state index contributed by atoms with van der Waals surface area (Å²) < 4.78 is 12.8. The van der Waals surface area contributed by atoms with E-state index in [1.165, 1.54) is 7.11 Å². The Bertz CT molecular complexity index is 398. The molecule has 0 bridgehead atoms. The van der Waals surface area contributed by atoms with Gasteiger partial charge in [0.2, 0.25) is 0 Å². The van der Waals surface area contributed by atoms with Crippen LogP contribution in [0.25, 0.3) is 0 Å². The van der Waals surface area contributed by atoms with Crippen LogP contribution in [0.1, 0.15) is 13.3 Å². The second-order valence-corrected chi connectivity index (χ2v) is 3.73. The Kier molecular flexibility index (Phi) is 8.27. The number of ether oxygens (including phenoxy) is 3. The molecule has 0 radical (unpaired) electrons. The van der Waals surface area contributed by atoms with Gasteiger partial charge in [-0.15, -0.1) is 0 Å². The summed E-state index contributed by atoms with van der Waals surface area (Å²) in [4.78, 5) is 41.5. The lowest BCUT2D eigenvalue weighted by molar-refractivity contribution is -0.308. The molecule has 0 aromatic carbocycles. The largest absolute Gasteiger partial charge is 0.548 e. The van der Waals surface area contributed by atoms with E-state index in [1.807, 2.05) is 0 Å². The first-order valence-corrected chi connectivity index (χ1v) is 5.92. The molecule has 1 aliphatic rings. The second-order valence-electron chi connectivity index (χ2n) is 3.73. The summed E-state index contributed by atoms with van der Waals surface area (Å²) in [6.45, 7) is 1.87. The van der Waals surface area contributed by atoms with Crippen molar-refractivity contribution in [2.45, 2.75) is 25.4 Å². The molecule has 1 rings (SSSR count). The minimum atomic E-state index is -1.31. The molecule has 0 aromatic rings. The zero-order chi connectivity index (χ0) is 16.4. The van der Waals surface area contributed by atoms with E-state index in [0.717, 1.165) is 7.11 Å². The number of hydrogen-bond donors (Lipinski definition) is 2. The van der Waals surface area contributed by atoms with Gasteiger partial charge in [-0.2, -0.15) is 0 Å². The van der Waals surface area contributed by atoms with Gasteiger partial charge < -0.3 is 34.7 Å². The average Bonchev–Trinajstić information content (AvgIpc) is 2.48. The molecule has 120 valence electrons. The van der Waals surface area contributed by atoms with E-state index in [2.05, 4.69) is 24.8 Å². The Morgan fingerprint density at radius 3 is 2.19 bits per heavy atom. The highest BCUT2D eigenvalue weighted by Gasteiger charge is 2.32. The SMILES string of the molecule is CC[C@H](NC(=O)OC)C(=O)[O-].COC(=O)N[C@H]1COC1=O. The van der Waals surface area contributed by atoms with Gasteiger partial charge in [-0.05, 0) is 6.42 Å². The Morgan fingerprint density at radius 1 is 1.33 bits per heavy atom. The van der Waals surface area contributed by atoms with Crippen LogP contribution in [0.2, 0.25) is 0 Å². The van der Waals surface area contributed by atoms with Gasteiger partial charge in [0.1, 0.15) is 6.61 Å². The lowest BCUT2D eigenvalue weighted by Crippen LogP contribution is -2.52. The molecule has 10 heteroatoms. The van der Waals surface area contributed by atoms with E-state index in [4.69, 9.17) is 0 Å². The summed E-state index contributed by atoms with van der Waals surface area (Å²) in [6.07, 6.45) is -1.10. The molecular weight excluding hydrogens is 288 g/mol. The predicted molar refractivity (Wildman–Crippen MR) is 64.9 cm³/mol. The van der Waals surface area contributed by atoms with Crippen molar-refractivity contribution in [1.29, 1.82) is 0 Å². The van der Waals surface area contributed by atoms with Gasteiger partial charge in [-0.3, -0.25) is 0 Å². The number of carboxylic acids is 1. The first-order valence-electron chi connectivity index (χ1n) is 5.92. The van der Waals surface area contributed by atoms with Crippen molar-refractivity contribution in [3.63, 3.8) is 0 Å². The quantitative estimate of drug-likeness (QED) is 0.454. The van der Waals surface area contributed by atoms with Crippen molar-refractivity contribution < 1.29 is 38.5 Å². The molecule has 0 aromatic heterocycles. The number of esters is 1. The molecule has 0 spiro atoms. The van der Waals surface area contributed by atoms with E-state index in [-0.39, 0.29) is 13.0 Å². The highest BCUT2D eigenvalue weighted by Crippen LogP contribution is 2.01. The van der Waals surface area contributed by atoms with Crippen LogP contribution in [-0.2, 0) is 23.8 Å². The molecule has 1 heterocycles. The molecule has 2 N–H and O–H groups in total. The normalized spacial score (nSPS) is 16.9. The first kappa shape index (κ1) is 18.5. The van der Waals surface area contributed by atoms with E-state index in [9.17, 15) is 24.3 Å².